The first-order valence-corrected chi connectivity index (χ1v) is 7.92. The van der Waals surface area contributed by atoms with Gasteiger partial charge in [0.05, 0.1) is 0 Å². The summed E-state index contributed by atoms with van der Waals surface area (Å²) in [6, 6.07) is 8.86. The van der Waals surface area contributed by atoms with E-state index in [2.05, 4.69) is 47.4 Å². The SMILES string of the molecule is CN(C)C1CCCN(C(=O)CC2CNc3ccccc32)C1. The number of para-hydroxylation sites is 1. The number of likely N-dealkylation sites (tertiary alicyclic amines) is 1. The van der Waals surface area contributed by atoms with Crippen LogP contribution in [0.25, 0.3) is 0 Å². The highest BCUT2D eigenvalue weighted by atomic mass is 16.2. The second-order valence-electron chi connectivity index (χ2n) is 6.47. The number of rotatable bonds is 3. The van der Waals surface area contributed by atoms with E-state index in [0.29, 0.717) is 24.3 Å². The summed E-state index contributed by atoms with van der Waals surface area (Å²) in [5.41, 5.74) is 2.49. The Morgan fingerprint density at radius 3 is 3.00 bits per heavy atom. The van der Waals surface area contributed by atoms with Gasteiger partial charge in [0.15, 0.2) is 0 Å². The number of carbonyl (C=O) groups excluding carboxylic acids is 1. The Hall–Kier alpha value is -1.55. The zero-order valence-corrected chi connectivity index (χ0v) is 13.0. The fraction of sp³-hybridized carbons (Fsp3) is 0.588. The highest BCUT2D eigenvalue weighted by Gasteiger charge is 2.29. The normalized spacial score (nSPS) is 24.8. The quantitative estimate of drug-likeness (QED) is 0.925. The van der Waals surface area contributed by atoms with Crippen LogP contribution in [0.4, 0.5) is 5.69 Å². The molecule has 1 fully saturated rings. The first-order valence-electron chi connectivity index (χ1n) is 7.92. The number of hydrogen-bond acceptors (Lipinski definition) is 3. The van der Waals surface area contributed by atoms with Crippen molar-refractivity contribution in [3.63, 3.8) is 0 Å². The Bertz CT molecular complexity index is 515. The lowest BCUT2D eigenvalue weighted by Crippen LogP contribution is -2.47. The maximum absolute atomic E-state index is 12.6. The van der Waals surface area contributed by atoms with E-state index in [4.69, 9.17) is 0 Å². The average molecular weight is 287 g/mol. The molecule has 2 aliphatic heterocycles. The van der Waals surface area contributed by atoms with Gasteiger partial charge < -0.3 is 15.1 Å². The molecule has 0 spiro atoms. The van der Waals surface area contributed by atoms with Gasteiger partial charge in [-0.05, 0) is 38.6 Å². The summed E-state index contributed by atoms with van der Waals surface area (Å²) in [7, 11) is 4.21. The van der Waals surface area contributed by atoms with Crippen molar-refractivity contribution in [1.82, 2.24) is 9.80 Å². The number of nitrogens with zero attached hydrogens (tertiary/aromatic N) is 2. The third kappa shape index (κ3) is 3.05. The smallest absolute Gasteiger partial charge is 0.223 e. The first-order chi connectivity index (χ1) is 10.1. The molecular formula is C17H25N3O. The Balaban J connectivity index is 1.62. The van der Waals surface area contributed by atoms with Crippen LogP contribution in [0.2, 0.25) is 0 Å². The summed E-state index contributed by atoms with van der Waals surface area (Å²) in [4.78, 5) is 16.9. The van der Waals surface area contributed by atoms with Crippen molar-refractivity contribution >= 4 is 11.6 Å². The molecule has 4 heteroatoms. The Kier molecular flexibility index (Phi) is 4.15. The topological polar surface area (TPSA) is 35.6 Å². The first kappa shape index (κ1) is 14.4. The molecule has 2 heterocycles. The third-order valence-electron chi connectivity index (χ3n) is 4.84. The van der Waals surface area contributed by atoms with Crippen LogP contribution in [0.15, 0.2) is 24.3 Å². The number of benzene rings is 1. The van der Waals surface area contributed by atoms with Crippen LogP contribution in [-0.2, 0) is 4.79 Å². The molecule has 0 saturated carbocycles. The van der Waals surface area contributed by atoms with Gasteiger partial charge in [-0.1, -0.05) is 18.2 Å². The van der Waals surface area contributed by atoms with Gasteiger partial charge in [0.1, 0.15) is 0 Å². The van der Waals surface area contributed by atoms with Crippen LogP contribution in [0, 0.1) is 0 Å². The average Bonchev–Trinajstić information content (AvgIpc) is 2.91. The van der Waals surface area contributed by atoms with Gasteiger partial charge in [-0.2, -0.15) is 0 Å². The Labute approximate surface area is 127 Å². The summed E-state index contributed by atoms with van der Waals surface area (Å²) in [6.45, 7) is 2.69. The van der Waals surface area contributed by atoms with Crippen molar-refractivity contribution in [1.29, 1.82) is 0 Å². The van der Waals surface area contributed by atoms with Crippen LogP contribution in [-0.4, -0.2) is 55.5 Å². The number of fused-ring (bicyclic) bond motifs is 1. The molecule has 2 unspecified atom stereocenters. The van der Waals surface area contributed by atoms with Gasteiger partial charge in [0.2, 0.25) is 5.91 Å². The fourth-order valence-corrected chi connectivity index (χ4v) is 3.48. The maximum atomic E-state index is 12.6. The lowest BCUT2D eigenvalue weighted by molar-refractivity contribution is -0.133. The van der Waals surface area contributed by atoms with E-state index in [0.717, 1.165) is 26.1 Å². The second kappa shape index (κ2) is 6.06. The van der Waals surface area contributed by atoms with Gasteiger partial charge in [-0.25, -0.2) is 0 Å². The minimum atomic E-state index is 0.310. The summed E-state index contributed by atoms with van der Waals surface area (Å²) in [5, 5.41) is 3.41. The molecule has 1 saturated heterocycles. The van der Waals surface area contributed by atoms with Gasteiger partial charge in [-0.15, -0.1) is 0 Å². The molecule has 2 aliphatic rings. The highest BCUT2D eigenvalue weighted by molar-refractivity contribution is 5.78. The van der Waals surface area contributed by atoms with Crippen LogP contribution in [0.3, 0.4) is 0 Å². The number of anilines is 1. The van der Waals surface area contributed by atoms with Crippen molar-refractivity contribution in [3.8, 4) is 0 Å². The summed E-state index contributed by atoms with van der Waals surface area (Å²) >= 11 is 0. The molecule has 2 atom stereocenters. The van der Waals surface area contributed by atoms with E-state index in [1.807, 2.05) is 6.07 Å². The van der Waals surface area contributed by atoms with E-state index >= 15 is 0 Å². The van der Waals surface area contributed by atoms with E-state index in [1.165, 1.54) is 17.7 Å². The fourth-order valence-electron chi connectivity index (χ4n) is 3.48. The van der Waals surface area contributed by atoms with Crippen molar-refractivity contribution in [2.24, 2.45) is 0 Å². The Morgan fingerprint density at radius 1 is 1.38 bits per heavy atom. The van der Waals surface area contributed by atoms with Gasteiger partial charge in [0.25, 0.3) is 0 Å². The van der Waals surface area contributed by atoms with E-state index in [1.54, 1.807) is 0 Å². The minimum Gasteiger partial charge on any atom is -0.384 e. The van der Waals surface area contributed by atoms with Crippen LogP contribution < -0.4 is 5.32 Å². The predicted octanol–water partition coefficient (Wildman–Crippen LogP) is 2.14. The summed E-state index contributed by atoms with van der Waals surface area (Å²) in [6.07, 6.45) is 2.95. The molecule has 1 amide bonds. The minimum absolute atomic E-state index is 0.310. The van der Waals surface area contributed by atoms with Gasteiger partial charge in [0, 0.05) is 43.7 Å². The zero-order valence-electron chi connectivity index (χ0n) is 13.0. The van der Waals surface area contributed by atoms with Crippen molar-refractivity contribution in [3.05, 3.63) is 29.8 Å². The summed E-state index contributed by atoms with van der Waals surface area (Å²) in [5.74, 6) is 0.637. The molecular weight excluding hydrogens is 262 g/mol. The summed E-state index contributed by atoms with van der Waals surface area (Å²) < 4.78 is 0. The molecule has 0 aliphatic carbocycles. The lowest BCUT2D eigenvalue weighted by atomic mass is 9.96. The monoisotopic (exact) mass is 287 g/mol. The van der Waals surface area contributed by atoms with E-state index < -0.39 is 0 Å². The highest BCUT2D eigenvalue weighted by Crippen LogP contribution is 2.33. The molecule has 21 heavy (non-hydrogen) atoms. The Morgan fingerprint density at radius 2 is 2.19 bits per heavy atom. The lowest BCUT2D eigenvalue weighted by Gasteiger charge is -2.36. The largest absolute Gasteiger partial charge is 0.384 e. The molecule has 0 aromatic heterocycles. The maximum Gasteiger partial charge on any atom is 0.223 e. The molecule has 4 nitrogen and oxygen atoms in total. The third-order valence-corrected chi connectivity index (χ3v) is 4.84. The van der Waals surface area contributed by atoms with E-state index in [-0.39, 0.29) is 0 Å². The number of carbonyl (C=O) groups is 1. The number of amides is 1. The molecule has 1 aromatic carbocycles. The second-order valence-corrected chi connectivity index (χ2v) is 6.47. The molecule has 0 radical (unpaired) electrons. The zero-order chi connectivity index (χ0) is 14.8. The number of piperidine rings is 1. The molecule has 3 rings (SSSR count). The van der Waals surface area contributed by atoms with Gasteiger partial charge in [-0.3, -0.25) is 4.79 Å². The molecule has 1 N–H and O–H groups in total. The van der Waals surface area contributed by atoms with Crippen LogP contribution >= 0.6 is 0 Å². The van der Waals surface area contributed by atoms with E-state index in [9.17, 15) is 4.79 Å². The molecule has 0 bridgehead atoms. The predicted molar refractivity (Wildman–Crippen MR) is 85.6 cm³/mol. The van der Waals surface area contributed by atoms with Gasteiger partial charge >= 0.3 is 0 Å². The number of hydrogen-bond donors (Lipinski definition) is 1. The van der Waals surface area contributed by atoms with Crippen molar-refractivity contribution in [2.75, 3.05) is 39.0 Å². The van der Waals surface area contributed by atoms with Crippen molar-refractivity contribution < 1.29 is 4.79 Å². The standard InChI is InChI=1S/C17H25N3O/c1-19(2)14-6-5-9-20(12-14)17(21)10-13-11-18-16-8-4-3-7-15(13)16/h3-4,7-8,13-14,18H,5-6,9-12H2,1-2H3. The molecule has 1 aromatic rings. The van der Waals surface area contributed by atoms with Crippen LogP contribution in [0.1, 0.15) is 30.7 Å². The number of nitrogens with one attached hydrogen (secondary N) is 1. The van der Waals surface area contributed by atoms with Crippen molar-refractivity contribution in [2.45, 2.75) is 31.2 Å². The molecule has 114 valence electrons. The number of likely N-dealkylation sites (N-methyl/N-ethyl adjacent to an activating group) is 1. The van der Waals surface area contributed by atoms with Crippen LogP contribution in [0.5, 0.6) is 0 Å².